The van der Waals surface area contributed by atoms with Crippen LogP contribution in [0, 0.1) is 12.7 Å². The number of amides is 1. The first kappa shape index (κ1) is 21.7. The van der Waals surface area contributed by atoms with Crippen LogP contribution in [-0.4, -0.2) is 25.0 Å². The minimum Gasteiger partial charge on any atom is -0.326 e. The summed E-state index contributed by atoms with van der Waals surface area (Å²) in [5.74, 6) is -0.811. The first-order valence-corrected chi connectivity index (χ1v) is 11.5. The molecule has 0 radical (unpaired) electrons. The second-order valence-electron chi connectivity index (χ2n) is 7.87. The number of nitrogens with zero attached hydrogens (tertiary/aromatic N) is 4. The summed E-state index contributed by atoms with van der Waals surface area (Å²) in [7, 11) is 0. The molecule has 34 heavy (non-hydrogen) atoms. The van der Waals surface area contributed by atoms with Gasteiger partial charge in [0.2, 0.25) is 5.91 Å². The Balaban J connectivity index is 1.31. The van der Waals surface area contributed by atoms with Crippen molar-refractivity contribution in [3.8, 4) is 16.8 Å². The Labute approximate surface area is 198 Å². The molecular weight excluding hydrogens is 453 g/mol. The fourth-order valence-electron chi connectivity index (χ4n) is 3.71. The number of nitrogens with one attached hydrogen (secondary N) is 1. The van der Waals surface area contributed by atoms with E-state index in [2.05, 4.69) is 15.3 Å². The molecule has 1 amide bonds. The molecule has 5 aromatic rings. The number of carbonyl (C=O) groups is 1. The fourth-order valence-corrected chi connectivity index (χ4v) is 4.62. The summed E-state index contributed by atoms with van der Waals surface area (Å²) in [5.41, 5.74) is 3.41. The third-order valence-corrected chi connectivity index (χ3v) is 6.40. The molecule has 0 spiro atoms. The minimum atomic E-state index is -0.484. The molecule has 0 aliphatic rings. The molecule has 5 rings (SSSR count). The molecular formula is C25H20FN5O2S. The largest absolute Gasteiger partial charge is 0.326 e. The summed E-state index contributed by atoms with van der Waals surface area (Å²) in [5, 5.41) is 5.17. The molecule has 7 nitrogen and oxygen atoms in total. The number of aromatic nitrogens is 4. The summed E-state index contributed by atoms with van der Waals surface area (Å²) in [4.78, 5) is 34.6. The Hall–Kier alpha value is -4.11. The van der Waals surface area contributed by atoms with Crippen LogP contribution in [0.1, 0.15) is 12.0 Å². The predicted octanol–water partition coefficient (Wildman–Crippen LogP) is 4.79. The van der Waals surface area contributed by atoms with Gasteiger partial charge in [-0.1, -0.05) is 29.8 Å². The van der Waals surface area contributed by atoms with Crippen molar-refractivity contribution in [1.82, 2.24) is 19.1 Å². The lowest BCUT2D eigenvalue weighted by Gasteiger charge is -2.09. The van der Waals surface area contributed by atoms with E-state index in [-0.39, 0.29) is 24.4 Å². The number of imidazole rings is 1. The van der Waals surface area contributed by atoms with Gasteiger partial charge >= 0.3 is 0 Å². The van der Waals surface area contributed by atoms with Crippen molar-refractivity contribution in [3.05, 3.63) is 94.6 Å². The number of rotatable bonds is 6. The van der Waals surface area contributed by atoms with Crippen LogP contribution in [0.2, 0.25) is 0 Å². The van der Waals surface area contributed by atoms with Crippen molar-refractivity contribution < 1.29 is 9.18 Å². The monoisotopic (exact) mass is 473 g/mol. The zero-order chi connectivity index (χ0) is 23.7. The summed E-state index contributed by atoms with van der Waals surface area (Å²) in [6.07, 6.45) is 6.20. The van der Waals surface area contributed by atoms with Crippen LogP contribution in [0.15, 0.2) is 77.7 Å². The van der Waals surface area contributed by atoms with Gasteiger partial charge in [-0.25, -0.2) is 14.4 Å². The lowest BCUT2D eigenvalue weighted by atomic mass is 10.1. The number of carbonyl (C=O) groups excluding carboxylic acids is 1. The van der Waals surface area contributed by atoms with E-state index in [0.717, 1.165) is 16.7 Å². The molecule has 0 aliphatic carbocycles. The molecule has 1 N–H and O–H groups in total. The molecule has 0 aliphatic heterocycles. The van der Waals surface area contributed by atoms with Crippen molar-refractivity contribution >= 4 is 33.1 Å². The molecule has 170 valence electrons. The topological polar surface area (TPSA) is 81.8 Å². The van der Waals surface area contributed by atoms with E-state index in [0.29, 0.717) is 21.6 Å². The molecule has 0 saturated heterocycles. The number of benzene rings is 2. The molecule has 3 heterocycles. The summed E-state index contributed by atoms with van der Waals surface area (Å²) in [6.45, 7) is 2.17. The number of halogens is 1. The zero-order valence-electron chi connectivity index (χ0n) is 18.2. The van der Waals surface area contributed by atoms with Crippen LogP contribution in [0.5, 0.6) is 0 Å². The number of thiophene rings is 1. The van der Waals surface area contributed by atoms with Gasteiger partial charge in [0.1, 0.15) is 10.6 Å². The van der Waals surface area contributed by atoms with Gasteiger partial charge < -0.3 is 9.88 Å². The van der Waals surface area contributed by atoms with Gasteiger partial charge in [-0.15, -0.1) is 11.3 Å². The highest BCUT2D eigenvalue weighted by Gasteiger charge is 2.14. The molecule has 9 heteroatoms. The van der Waals surface area contributed by atoms with E-state index >= 15 is 0 Å². The van der Waals surface area contributed by atoms with Gasteiger partial charge in [-0.2, -0.15) is 0 Å². The SMILES string of the molecule is Cc1ccc(-c2csc3ncn(CCC(=O)Nc4ccc(-n5ccnc5)c(F)c4)c(=O)c23)cc1. The van der Waals surface area contributed by atoms with Crippen molar-refractivity contribution in [1.29, 1.82) is 0 Å². The maximum absolute atomic E-state index is 14.4. The van der Waals surface area contributed by atoms with E-state index in [9.17, 15) is 14.0 Å². The van der Waals surface area contributed by atoms with Crippen LogP contribution >= 0.6 is 11.3 Å². The van der Waals surface area contributed by atoms with E-state index in [4.69, 9.17) is 0 Å². The highest BCUT2D eigenvalue weighted by atomic mass is 32.1. The van der Waals surface area contributed by atoms with Crippen LogP contribution in [0.3, 0.4) is 0 Å². The average Bonchev–Trinajstić information content (AvgIpc) is 3.50. The van der Waals surface area contributed by atoms with Crippen LogP contribution in [0.4, 0.5) is 10.1 Å². The lowest BCUT2D eigenvalue weighted by molar-refractivity contribution is -0.116. The smallest absolute Gasteiger partial charge is 0.262 e. The van der Waals surface area contributed by atoms with Crippen molar-refractivity contribution in [3.63, 3.8) is 0 Å². The van der Waals surface area contributed by atoms with E-state index < -0.39 is 5.82 Å². The number of aryl methyl sites for hydroxylation is 2. The van der Waals surface area contributed by atoms with E-state index in [1.807, 2.05) is 36.6 Å². The Morgan fingerprint density at radius 1 is 1.15 bits per heavy atom. The number of fused-ring (bicyclic) bond motifs is 1. The Morgan fingerprint density at radius 2 is 1.97 bits per heavy atom. The Bertz CT molecular complexity index is 1540. The summed E-state index contributed by atoms with van der Waals surface area (Å²) in [6, 6.07) is 12.4. The molecule has 3 aromatic heterocycles. The number of hydrogen-bond acceptors (Lipinski definition) is 5. The number of anilines is 1. The maximum atomic E-state index is 14.4. The van der Waals surface area contributed by atoms with Gasteiger partial charge in [-0.05, 0) is 30.7 Å². The average molecular weight is 474 g/mol. The van der Waals surface area contributed by atoms with E-state index in [1.165, 1.54) is 34.6 Å². The minimum absolute atomic E-state index is 0.0436. The van der Waals surface area contributed by atoms with Gasteiger partial charge in [0.05, 0.1) is 23.7 Å². The highest BCUT2D eigenvalue weighted by molar-refractivity contribution is 7.17. The van der Waals surface area contributed by atoms with Crippen molar-refractivity contribution in [2.24, 2.45) is 0 Å². The summed E-state index contributed by atoms with van der Waals surface area (Å²) < 4.78 is 17.4. The van der Waals surface area contributed by atoms with Gasteiger partial charge in [0.25, 0.3) is 5.56 Å². The molecule has 0 saturated carbocycles. The van der Waals surface area contributed by atoms with Crippen LogP contribution < -0.4 is 10.9 Å². The highest BCUT2D eigenvalue weighted by Crippen LogP contribution is 2.30. The Morgan fingerprint density at radius 3 is 2.71 bits per heavy atom. The van der Waals surface area contributed by atoms with E-state index in [1.54, 1.807) is 29.1 Å². The number of hydrogen-bond donors (Lipinski definition) is 1. The standard InChI is InChI=1S/C25H20FN5O2S/c1-16-2-4-17(5-3-16)19-13-34-24-23(19)25(33)31(15-28-24)10-8-22(32)29-18-6-7-21(20(26)12-18)30-11-9-27-14-30/h2-7,9,11-15H,8,10H2,1H3,(H,29,32). The fraction of sp³-hybridized carbons (Fsp3) is 0.120. The lowest BCUT2D eigenvalue weighted by Crippen LogP contribution is -2.23. The third-order valence-electron chi connectivity index (χ3n) is 5.52. The molecule has 0 fully saturated rings. The molecule has 2 aromatic carbocycles. The van der Waals surface area contributed by atoms with Gasteiger partial charge in [0.15, 0.2) is 0 Å². The first-order chi connectivity index (χ1) is 16.5. The Kier molecular flexibility index (Phi) is 5.77. The molecule has 0 unspecified atom stereocenters. The predicted molar refractivity (Wildman–Crippen MR) is 131 cm³/mol. The van der Waals surface area contributed by atoms with Crippen LogP contribution in [0.25, 0.3) is 27.0 Å². The van der Waals surface area contributed by atoms with Gasteiger partial charge in [-0.3, -0.25) is 14.2 Å². The quantitative estimate of drug-likeness (QED) is 0.385. The molecule has 0 atom stereocenters. The van der Waals surface area contributed by atoms with Gasteiger partial charge in [0, 0.05) is 42.0 Å². The maximum Gasteiger partial charge on any atom is 0.262 e. The van der Waals surface area contributed by atoms with Crippen molar-refractivity contribution in [2.75, 3.05) is 5.32 Å². The third kappa shape index (κ3) is 4.25. The van der Waals surface area contributed by atoms with Crippen molar-refractivity contribution in [2.45, 2.75) is 19.9 Å². The summed E-state index contributed by atoms with van der Waals surface area (Å²) >= 11 is 1.42. The second kappa shape index (κ2) is 9.03. The first-order valence-electron chi connectivity index (χ1n) is 10.6. The second-order valence-corrected chi connectivity index (χ2v) is 8.73. The molecule has 0 bridgehead atoms. The zero-order valence-corrected chi connectivity index (χ0v) is 19.1. The normalized spacial score (nSPS) is 11.1. The van der Waals surface area contributed by atoms with Crippen LogP contribution in [-0.2, 0) is 11.3 Å².